The molecular weight excluding hydrogens is 961 g/mol. The summed E-state index contributed by atoms with van der Waals surface area (Å²) in [6, 6.07) is 0. The van der Waals surface area contributed by atoms with Gasteiger partial charge in [-0.05, 0) is 103 Å². The lowest BCUT2D eigenvalue weighted by atomic mass is 10.0. The monoisotopic (exact) mass is 1080 g/mol. The second-order valence-electron chi connectivity index (χ2n) is 22.0. The minimum atomic E-state index is -0.796. The minimum absolute atomic E-state index is 0.0889. The maximum atomic E-state index is 12.9. The molecule has 0 aromatic heterocycles. The Morgan fingerprint density at radius 1 is 0.269 bits per heavy atom. The standard InChI is InChI=1S/C72H124O6/c1-4-7-10-13-16-19-22-25-28-30-32-33-34-35-36-37-38-39-41-42-44-47-50-53-56-59-62-65-71(74)77-68-69(67-76-70(73)64-61-58-55-52-49-46-27-24-21-18-15-12-9-6-3)78-72(75)66-63-60-57-54-51-48-45-43-40-31-29-26-23-20-17-14-11-8-5-2/h8,11,17,20,22,25-26,29-30,32,34-35,40,43,48,51,69H,4-7,9-10,12-16,18-19,21,23-24,27-28,31,33,36-39,41-42,44-47,49-50,52-68H2,1-3H3/b11-8-,20-17-,25-22-,29-26-,32-30-,35-34-,43-40-,51-48-. The molecule has 0 rings (SSSR count). The van der Waals surface area contributed by atoms with E-state index in [1.807, 2.05) is 0 Å². The van der Waals surface area contributed by atoms with E-state index in [0.717, 1.165) is 109 Å². The lowest BCUT2D eigenvalue weighted by Crippen LogP contribution is -2.30. The maximum absolute atomic E-state index is 12.9. The summed E-state index contributed by atoms with van der Waals surface area (Å²) in [6.07, 6.45) is 88.5. The van der Waals surface area contributed by atoms with E-state index < -0.39 is 6.10 Å². The number of carbonyl (C=O) groups excluding carboxylic acids is 3. The first kappa shape index (κ1) is 74.3. The van der Waals surface area contributed by atoms with E-state index in [2.05, 4.69) is 118 Å². The largest absolute Gasteiger partial charge is 0.462 e. The molecule has 448 valence electrons. The molecule has 0 bridgehead atoms. The molecule has 0 aliphatic heterocycles. The zero-order valence-corrected chi connectivity index (χ0v) is 51.4. The Morgan fingerprint density at radius 2 is 0.500 bits per heavy atom. The summed E-state index contributed by atoms with van der Waals surface area (Å²) >= 11 is 0. The third-order valence-corrected chi connectivity index (χ3v) is 14.3. The summed E-state index contributed by atoms with van der Waals surface area (Å²) in [6.45, 7) is 6.52. The Balaban J connectivity index is 4.34. The van der Waals surface area contributed by atoms with Gasteiger partial charge < -0.3 is 14.2 Å². The fraction of sp³-hybridized carbons (Fsp3) is 0.736. The van der Waals surface area contributed by atoms with Crippen LogP contribution in [-0.2, 0) is 28.6 Å². The van der Waals surface area contributed by atoms with Crippen molar-refractivity contribution < 1.29 is 28.6 Å². The Bertz CT molecular complexity index is 1530. The van der Waals surface area contributed by atoms with Crippen molar-refractivity contribution in [3.05, 3.63) is 97.2 Å². The SMILES string of the molecule is CC/C=C\C/C=C\C/C=C\C/C=C\C/C=C\CCCCCC(=O)OC(COC(=O)CCCCCCCCCCCCCC/C=C\C/C=C\C/C=C\CCCCCCC)COC(=O)CCCCCCCCCCCCCCCC. The van der Waals surface area contributed by atoms with Crippen molar-refractivity contribution in [2.75, 3.05) is 13.2 Å². The van der Waals surface area contributed by atoms with Gasteiger partial charge in [0.25, 0.3) is 0 Å². The lowest BCUT2D eigenvalue weighted by molar-refractivity contribution is -0.167. The highest BCUT2D eigenvalue weighted by Gasteiger charge is 2.19. The fourth-order valence-electron chi connectivity index (χ4n) is 9.36. The van der Waals surface area contributed by atoms with Crippen LogP contribution in [0.5, 0.6) is 0 Å². The average molecular weight is 1090 g/mol. The van der Waals surface area contributed by atoms with E-state index in [1.165, 1.54) is 173 Å². The van der Waals surface area contributed by atoms with Crippen molar-refractivity contribution in [1.82, 2.24) is 0 Å². The van der Waals surface area contributed by atoms with Crippen molar-refractivity contribution in [1.29, 1.82) is 0 Å². The van der Waals surface area contributed by atoms with E-state index in [9.17, 15) is 14.4 Å². The summed E-state index contributed by atoms with van der Waals surface area (Å²) in [7, 11) is 0. The minimum Gasteiger partial charge on any atom is -0.462 e. The summed E-state index contributed by atoms with van der Waals surface area (Å²) in [5, 5.41) is 0. The van der Waals surface area contributed by atoms with Gasteiger partial charge >= 0.3 is 17.9 Å². The molecule has 6 nitrogen and oxygen atoms in total. The Morgan fingerprint density at radius 3 is 0.795 bits per heavy atom. The van der Waals surface area contributed by atoms with Crippen LogP contribution >= 0.6 is 0 Å². The van der Waals surface area contributed by atoms with Crippen LogP contribution < -0.4 is 0 Å². The molecule has 6 heteroatoms. The van der Waals surface area contributed by atoms with Gasteiger partial charge in [-0.3, -0.25) is 14.4 Å². The molecule has 0 aliphatic carbocycles. The molecule has 0 saturated carbocycles. The van der Waals surface area contributed by atoms with Gasteiger partial charge in [-0.25, -0.2) is 0 Å². The second-order valence-corrected chi connectivity index (χ2v) is 22.0. The van der Waals surface area contributed by atoms with Gasteiger partial charge in [0.1, 0.15) is 13.2 Å². The summed E-state index contributed by atoms with van der Waals surface area (Å²) in [4.78, 5) is 38.3. The van der Waals surface area contributed by atoms with Crippen LogP contribution in [0.4, 0.5) is 0 Å². The number of ether oxygens (including phenoxy) is 3. The number of hydrogen-bond acceptors (Lipinski definition) is 6. The van der Waals surface area contributed by atoms with Crippen molar-refractivity contribution in [3.8, 4) is 0 Å². The topological polar surface area (TPSA) is 78.9 Å². The maximum Gasteiger partial charge on any atom is 0.306 e. The molecule has 0 radical (unpaired) electrons. The Hall–Kier alpha value is -3.67. The third-order valence-electron chi connectivity index (χ3n) is 14.3. The van der Waals surface area contributed by atoms with E-state index in [-0.39, 0.29) is 37.5 Å². The summed E-state index contributed by atoms with van der Waals surface area (Å²) < 4.78 is 16.9. The van der Waals surface area contributed by atoms with Crippen LogP contribution in [0, 0.1) is 0 Å². The van der Waals surface area contributed by atoms with Crippen molar-refractivity contribution in [2.45, 2.75) is 329 Å². The van der Waals surface area contributed by atoms with Crippen LogP contribution in [0.2, 0.25) is 0 Å². The van der Waals surface area contributed by atoms with E-state index >= 15 is 0 Å². The molecule has 1 atom stereocenters. The van der Waals surface area contributed by atoms with Gasteiger partial charge in [0, 0.05) is 19.3 Å². The smallest absolute Gasteiger partial charge is 0.306 e. The first-order valence-electron chi connectivity index (χ1n) is 33.2. The van der Waals surface area contributed by atoms with E-state index in [4.69, 9.17) is 14.2 Å². The first-order chi connectivity index (χ1) is 38.5. The highest BCUT2D eigenvalue weighted by Crippen LogP contribution is 2.17. The number of allylic oxidation sites excluding steroid dienone is 16. The molecule has 1 unspecified atom stereocenters. The zero-order chi connectivity index (χ0) is 56.4. The second kappa shape index (κ2) is 65.8. The molecule has 0 aromatic carbocycles. The number of hydrogen-bond donors (Lipinski definition) is 0. The molecule has 78 heavy (non-hydrogen) atoms. The normalized spacial score (nSPS) is 12.7. The van der Waals surface area contributed by atoms with Crippen molar-refractivity contribution in [3.63, 3.8) is 0 Å². The van der Waals surface area contributed by atoms with Crippen molar-refractivity contribution >= 4 is 17.9 Å². The van der Waals surface area contributed by atoms with Crippen LogP contribution in [0.3, 0.4) is 0 Å². The zero-order valence-electron chi connectivity index (χ0n) is 51.4. The number of esters is 3. The van der Waals surface area contributed by atoms with Gasteiger partial charge in [-0.2, -0.15) is 0 Å². The molecule has 0 heterocycles. The highest BCUT2D eigenvalue weighted by atomic mass is 16.6. The summed E-state index contributed by atoms with van der Waals surface area (Å²) in [5.41, 5.74) is 0. The number of rotatable bonds is 60. The molecule has 0 N–H and O–H groups in total. The molecule has 0 fully saturated rings. The third kappa shape index (κ3) is 63.2. The fourth-order valence-corrected chi connectivity index (χ4v) is 9.36. The van der Waals surface area contributed by atoms with Gasteiger partial charge in [0.05, 0.1) is 0 Å². The molecule has 0 spiro atoms. The van der Waals surface area contributed by atoms with Gasteiger partial charge in [-0.1, -0.05) is 298 Å². The lowest BCUT2D eigenvalue weighted by Gasteiger charge is -2.18. The van der Waals surface area contributed by atoms with Crippen LogP contribution in [0.1, 0.15) is 323 Å². The van der Waals surface area contributed by atoms with E-state index in [0.29, 0.717) is 12.8 Å². The number of unbranched alkanes of at least 4 members (excludes halogenated alkanes) is 33. The van der Waals surface area contributed by atoms with Gasteiger partial charge in [-0.15, -0.1) is 0 Å². The van der Waals surface area contributed by atoms with Gasteiger partial charge in [0.15, 0.2) is 6.10 Å². The predicted octanol–water partition coefficient (Wildman–Crippen LogP) is 22.8. The molecule has 0 saturated heterocycles. The van der Waals surface area contributed by atoms with E-state index in [1.54, 1.807) is 0 Å². The number of carbonyl (C=O) groups is 3. The predicted molar refractivity (Wildman–Crippen MR) is 339 cm³/mol. The first-order valence-corrected chi connectivity index (χ1v) is 33.2. The highest BCUT2D eigenvalue weighted by molar-refractivity contribution is 5.71. The molecule has 0 aromatic rings. The quantitative estimate of drug-likeness (QED) is 0.0261. The molecular formula is C72H124O6. The van der Waals surface area contributed by atoms with Crippen LogP contribution in [0.25, 0.3) is 0 Å². The van der Waals surface area contributed by atoms with Crippen LogP contribution in [-0.4, -0.2) is 37.2 Å². The van der Waals surface area contributed by atoms with Crippen LogP contribution in [0.15, 0.2) is 97.2 Å². The molecule has 0 amide bonds. The summed E-state index contributed by atoms with van der Waals surface area (Å²) in [5.74, 6) is -0.911. The Labute approximate surface area is 483 Å². The Kier molecular flexibility index (Phi) is 62.7. The van der Waals surface area contributed by atoms with Gasteiger partial charge in [0.2, 0.25) is 0 Å². The van der Waals surface area contributed by atoms with Crippen molar-refractivity contribution in [2.24, 2.45) is 0 Å². The average Bonchev–Trinajstić information content (AvgIpc) is 3.44. The molecule has 0 aliphatic rings.